The van der Waals surface area contributed by atoms with Crippen LogP contribution in [0.15, 0.2) is 0 Å². The molecule has 2 unspecified atom stereocenters. The zero-order chi connectivity index (χ0) is 15.6. The van der Waals surface area contributed by atoms with Gasteiger partial charge in [-0.2, -0.15) is 4.31 Å². The molecule has 0 spiro atoms. The predicted octanol–water partition coefficient (Wildman–Crippen LogP) is -1.06. The van der Waals surface area contributed by atoms with Crippen molar-refractivity contribution in [3.8, 4) is 0 Å². The van der Waals surface area contributed by atoms with E-state index in [1.54, 1.807) is 4.90 Å². The molecule has 1 heterocycles. The van der Waals surface area contributed by atoms with Crippen molar-refractivity contribution in [1.82, 2.24) is 14.1 Å². The molecule has 8 heteroatoms. The summed E-state index contributed by atoms with van der Waals surface area (Å²) in [5.41, 5.74) is 0. The summed E-state index contributed by atoms with van der Waals surface area (Å²) in [6.45, 7) is 2.58. The van der Waals surface area contributed by atoms with Crippen LogP contribution in [0.25, 0.3) is 0 Å². The second-order valence-corrected chi connectivity index (χ2v) is 8.09. The molecular formula is C13H25N3O4S. The number of sulfonamides is 1. The van der Waals surface area contributed by atoms with Gasteiger partial charge in [-0.1, -0.05) is 0 Å². The van der Waals surface area contributed by atoms with Crippen molar-refractivity contribution in [1.29, 1.82) is 0 Å². The summed E-state index contributed by atoms with van der Waals surface area (Å²) in [7, 11) is -1.91. The number of piperazine rings is 1. The van der Waals surface area contributed by atoms with Crippen LogP contribution in [0.3, 0.4) is 0 Å². The maximum absolute atomic E-state index is 12.1. The lowest BCUT2D eigenvalue weighted by Crippen LogP contribution is -2.55. The predicted molar refractivity (Wildman–Crippen MR) is 79.3 cm³/mol. The number of nitrogens with zero attached hydrogens (tertiary/aromatic N) is 3. The van der Waals surface area contributed by atoms with Gasteiger partial charge in [0.1, 0.15) is 0 Å². The van der Waals surface area contributed by atoms with E-state index in [9.17, 15) is 18.3 Å². The summed E-state index contributed by atoms with van der Waals surface area (Å²) in [5, 5.41) is 9.93. The van der Waals surface area contributed by atoms with Crippen LogP contribution in [0.4, 0.5) is 0 Å². The smallest absolute Gasteiger partial charge is 0.237 e. The monoisotopic (exact) mass is 319 g/mol. The van der Waals surface area contributed by atoms with Gasteiger partial charge in [0.25, 0.3) is 0 Å². The van der Waals surface area contributed by atoms with Crippen molar-refractivity contribution < 1.29 is 18.3 Å². The molecule has 2 rings (SSSR count). The van der Waals surface area contributed by atoms with E-state index in [0.717, 1.165) is 42.9 Å². The summed E-state index contributed by atoms with van der Waals surface area (Å²) in [5.74, 6) is -0.158. The van der Waals surface area contributed by atoms with Crippen LogP contribution in [0, 0.1) is 0 Å². The first-order chi connectivity index (χ1) is 9.79. The number of likely N-dealkylation sites (N-methyl/N-ethyl adjacent to an activating group) is 1. The van der Waals surface area contributed by atoms with Gasteiger partial charge in [0.15, 0.2) is 0 Å². The lowest BCUT2D eigenvalue weighted by atomic mass is 10.1. The highest BCUT2D eigenvalue weighted by molar-refractivity contribution is 7.88. The van der Waals surface area contributed by atoms with Gasteiger partial charge in [-0.05, 0) is 19.3 Å². The summed E-state index contributed by atoms with van der Waals surface area (Å²) in [6.07, 6.45) is 3.79. The Labute approximate surface area is 126 Å². The van der Waals surface area contributed by atoms with Crippen LogP contribution < -0.4 is 0 Å². The van der Waals surface area contributed by atoms with E-state index in [1.165, 1.54) is 7.05 Å². The number of carbonyl (C=O) groups excluding carboxylic acids is 1. The summed E-state index contributed by atoms with van der Waals surface area (Å²) >= 11 is 0. The lowest BCUT2D eigenvalue weighted by Gasteiger charge is -2.39. The largest absolute Gasteiger partial charge is 0.391 e. The van der Waals surface area contributed by atoms with Crippen molar-refractivity contribution in [3.63, 3.8) is 0 Å². The number of hydrogen-bond donors (Lipinski definition) is 1. The Hall–Kier alpha value is -0.700. The zero-order valence-electron chi connectivity index (χ0n) is 12.7. The normalized spacial score (nSPS) is 28.3. The molecule has 1 aliphatic carbocycles. The summed E-state index contributed by atoms with van der Waals surface area (Å²) in [4.78, 5) is 16.1. The standard InChI is InChI=1S/C13H25N3O4S/c1-14(21(2,19)20)10-13(18)16-8-6-15(7-9-16)11-4-3-5-12(11)17/h11-12,17H,3-10H2,1-2H3. The molecule has 2 aliphatic rings. The number of aliphatic hydroxyl groups excluding tert-OH is 1. The van der Waals surface area contributed by atoms with Gasteiger partial charge >= 0.3 is 0 Å². The quantitative estimate of drug-likeness (QED) is 0.714. The first kappa shape index (κ1) is 16.7. The van der Waals surface area contributed by atoms with Crippen LogP contribution in [0.5, 0.6) is 0 Å². The molecule has 0 bridgehead atoms. The maximum Gasteiger partial charge on any atom is 0.237 e. The number of rotatable bonds is 4. The van der Waals surface area contributed by atoms with Crippen LogP contribution in [-0.2, 0) is 14.8 Å². The van der Waals surface area contributed by atoms with E-state index in [-0.39, 0.29) is 24.6 Å². The molecule has 0 aromatic rings. The Morgan fingerprint density at radius 1 is 1.24 bits per heavy atom. The number of amides is 1. The van der Waals surface area contributed by atoms with E-state index in [4.69, 9.17) is 0 Å². The van der Waals surface area contributed by atoms with Crippen molar-refractivity contribution >= 4 is 15.9 Å². The first-order valence-electron chi connectivity index (χ1n) is 7.40. The van der Waals surface area contributed by atoms with Crippen molar-refractivity contribution in [2.75, 3.05) is 46.0 Å². The first-order valence-corrected chi connectivity index (χ1v) is 9.25. The molecule has 1 amide bonds. The molecule has 7 nitrogen and oxygen atoms in total. The van der Waals surface area contributed by atoms with E-state index < -0.39 is 10.0 Å². The average molecular weight is 319 g/mol. The Bertz CT molecular complexity index is 474. The Morgan fingerprint density at radius 3 is 2.33 bits per heavy atom. The Kier molecular flexibility index (Phi) is 5.24. The third-order valence-electron chi connectivity index (χ3n) is 4.50. The summed E-state index contributed by atoms with van der Waals surface area (Å²) in [6, 6.07) is 0.223. The fraction of sp³-hybridized carbons (Fsp3) is 0.923. The van der Waals surface area contributed by atoms with Crippen molar-refractivity contribution in [2.24, 2.45) is 0 Å². The molecule has 0 aromatic heterocycles. The molecule has 1 N–H and O–H groups in total. The minimum Gasteiger partial charge on any atom is -0.391 e. The van der Waals surface area contributed by atoms with Gasteiger partial charge in [-0.15, -0.1) is 0 Å². The molecule has 2 atom stereocenters. The van der Waals surface area contributed by atoms with Crippen molar-refractivity contribution in [3.05, 3.63) is 0 Å². The second kappa shape index (κ2) is 6.60. The highest BCUT2D eigenvalue weighted by atomic mass is 32.2. The van der Waals surface area contributed by atoms with Gasteiger partial charge < -0.3 is 10.0 Å². The van der Waals surface area contributed by atoms with Crippen LogP contribution in [0.2, 0.25) is 0 Å². The van der Waals surface area contributed by atoms with Gasteiger partial charge in [0, 0.05) is 39.3 Å². The molecule has 1 saturated heterocycles. The second-order valence-electron chi connectivity index (χ2n) is 6.00. The van der Waals surface area contributed by atoms with E-state index in [2.05, 4.69) is 4.90 Å². The molecule has 1 aliphatic heterocycles. The Balaban J connectivity index is 1.82. The fourth-order valence-corrected chi connectivity index (χ4v) is 3.40. The lowest BCUT2D eigenvalue weighted by molar-refractivity contribution is -0.133. The van der Waals surface area contributed by atoms with E-state index in [0.29, 0.717) is 13.1 Å². The van der Waals surface area contributed by atoms with Gasteiger partial charge in [-0.3, -0.25) is 9.69 Å². The maximum atomic E-state index is 12.1. The molecule has 0 radical (unpaired) electrons. The number of hydrogen-bond acceptors (Lipinski definition) is 5. The van der Waals surface area contributed by atoms with Crippen LogP contribution in [-0.4, -0.2) is 91.7 Å². The van der Waals surface area contributed by atoms with Crippen molar-refractivity contribution in [2.45, 2.75) is 31.4 Å². The van der Waals surface area contributed by atoms with E-state index in [1.807, 2.05) is 0 Å². The summed E-state index contributed by atoms with van der Waals surface area (Å²) < 4.78 is 23.7. The molecule has 122 valence electrons. The molecule has 1 saturated carbocycles. The SMILES string of the molecule is CN(CC(=O)N1CCN(C2CCCC2O)CC1)S(C)(=O)=O. The molecule has 21 heavy (non-hydrogen) atoms. The highest BCUT2D eigenvalue weighted by Gasteiger charge is 2.33. The van der Waals surface area contributed by atoms with Gasteiger partial charge in [0.05, 0.1) is 18.9 Å². The van der Waals surface area contributed by atoms with Gasteiger partial charge in [0.2, 0.25) is 15.9 Å². The fourth-order valence-electron chi connectivity index (χ4n) is 3.06. The Morgan fingerprint density at radius 2 is 1.86 bits per heavy atom. The van der Waals surface area contributed by atoms with E-state index >= 15 is 0 Å². The van der Waals surface area contributed by atoms with Crippen LogP contribution >= 0.6 is 0 Å². The third-order valence-corrected chi connectivity index (χ3v) is 5.77. The van der Waals surface area contributed by atoms with Gasteiger partial charge in [-0.25, -0.2) is 8.42 Å². The topological polar surface area (TPSA) is 81.2 Å². The minimum atomic E-state index is -3.33. The third kappa shape index (κ3) is 4.15. The number of aliphatic hydroxyl groups is 1. The average Bonchev–Trinajstić information content (AvgIpc) is 2.84. The molecule has 0 aromatic carbocycles. The highest BCUT2D eigenvalue weighted by Crippen LogP contribution is 2.25. The zero-order valence-corrected chi connectivity index (χ0v) is 13.5. The molecular weight excluding hydrogens is 294 g/mol. The molecule has 2 fully saturated rings. The minimum absolute atomic E-state index is 0.106. The van der Waals surface area contributed by atoms with Crippen LogP contribution in [0.1, 0.15) is 19.3 Å². The number of carbonyl (C=O) groups is 1.